The topological polar surface area (TPSA) is 169 Å². The Morgan fingerprint density at radius 2 is 1.64 bits per heavy atom. The molecule has 12 heteroatoms. The van der Waals surface area contributed by atoms with E-state index in [1.807, 2.05) is 0 Å². The van der Waals surface area contributed by atoms with Gasteiger partial charge in [0, 0.05) is 11.8 Å². The molecule has 0 radical (unpaired) electrons. The van der Waals surface area contributed by atoms with E-state index in [-0.39, 0.29) is 24.5 Å². The van der Waals surface area contributed by atoms with Gasteiger partial charge in [-0.05, 0) is 49.2 Å². The number of nitrogens with zero attached hydrogens (tertiary/aromatic N) is 2. The Kier molecular flexibility index (Phi) is 6.72. The van der Waals surface area contributed by atoms with Gasteiger partial charge in [-0.1, -0.05) is 0 Å². The van der Waals surface area contributed by atoms with Crippen LogP contribution in [0.25, 0.3) is 0 Å². The molecule has 0 aliphatic carbocycles. The van der Waals surface area contributed by atoms with Crippen molar-refractivity contribution in [3.63, 3.8) is 0 Å². The fourth-order valence-corrected chi connectivity index (χ4v) is 3.32. The van der Waals surface area contributed by atoms with Crippen LogP contribution in [0.15, 0.2) is 51.5 Å². The number of rotatable bonds is 8. The first-order chi connectivity index (χ1) is 13.0. The van der Waals surface area contributed by atoms with Gasteiger partial charge in [0.25, 0.3) is 20.2 Å². The Balaban J connectivity index is 2.24. The lowest BCUT2D eigenvalue weighted by atomic mass is 10.2. The quantitative estimate of drug-likeness (QED) is 0.249. The maximum Gasteiger partial charge on any atom is 0.296 e. The van der Waals surface area contributed by atoms with Gasteiger partial charge < -0.3 is 10.5 Å². The third-order valence-electron chi connectivity index (χ3n) is 3.51. The number of hydrogen-bond acceptors (Lipinski definition) is 8. The molecular weight excluding hydrogens is 410 g/mol. The predicted octanol–water partition coefficient (Wildman–Crippen LogP) is 2.90. The van der Waals surface area contributed by atoms with E-state index in [1.54, 1.807) is 25.1 Å². The normalized spacial score (nSPS) is 12.4. The first-order valence-corrected chi connectivity index (χ1v) is 11.0. The predicted molar refractivity (Wildman–Crippen MR) is 103 cm³/mol. The number of anilines is 1. The Morgan fingerprint density at radius 1 is 1.00 bits per heavy atom. The van der Waals surface area contributed by atoms with Gasteiger partial charge in [-0.25, -0.2) is 0 Å². The van der Waals surface area contributed by atoms with E-state index >= 15 is 0 Å². The first kappa shape index (κ1) is 21.8. The number of benzene rings is 2. The molecule has 10 nitrogen and oxygen atoms in total. The summed E-state index contributed by atoms with van der Waals surface area (Å²) in [5, 5.41) is 7.86. The number of nitrogen functional groups attached to an aromatic ring is 1. The van der Waals surface area contributed by atoms with Gasteiger partial charge >= 0.3 is 0 Å². The van der Waals surface area contributed by atoms with Crippen LogP contribution < -0.4 is 10.5 Å². The van der Waals surface area contributed by atoms with E-state index in [2.05, 4.69) is 10.2 Å². The monoisotopic (exact) mass is 429 g/mol. The van der Waals surface area contributed by atoms with Crippen molar-refractivity contribution in [2.24, 2.45) is 10.2 Å². The molecular formula is C16H19N3O7S2. The van der Waals surface area contributed by atoms with E-state index in [4.69, 9.17) is 15.0 Å². The number of hydrogen-bond donors (Lipinski definition) is 3. The van der Waals surface area contributed by atoms with Crippen molar-refractivity contribution in [1.29, 1.82) is 0 Å². The number of azo groups is 1. The standard InChI is InChI=1S/C16H19N3O7S2/c1-11-9-12(17)3-5-14(11)18-19-15-6-4-13(10-16(15)28(23,24)25)26-7-2-8-27(20,21)22/h3-6,9-10H,2,7-8,17H2,1H3,(H,20,21,22)(H,23,24,25). The summed E-state index contributed by atoms with van der Waals surface area (Å²) in [5.41, 5.74) is 7.31. The van der Waals surface area contributed by atoms with Crippen molar-refractivity contribution < 1.29 is 30.7 Å². The summed E-state index contributed by atoms with van der Waals surface area (Å²) in [6, 6.07) is 8.65. The lowest BCUT2D eigenvalue weighted by Gasteiger charge is -2.08. The highest BCUT2D eigenvalue weighted by Gasteiger charge is 2.17. The van der Waals surface area contributed by atoms with Gasteiger partial charge in [0.1, 0.15) is 16.3 Å². The average Bonchev–Trinajstić information content (AvgIpc) is 2.57. The molecule has 2 aromatic rings. The van der Waals surface area contributed by atoms with Crippen LogP contribution in [0.1, 0.15) is 12.0 Å². The van der Waals surface area contributed by atoms with Crippen LogP contribution in [0.5, 0.6) is 5.75 Å². The smallest absolute Gasteiger partial charge is 0.296 e. The number of nitrogens with two attached hydrogens (primary N) is 1. The molecule has 152 valence electrons. The molecule has 0 saturated carbocycles. The second-order valence-electron chi connectivity index (χ2n) is 5.84. The van der Waals surface area contributed by atoms with Crippen molar-refractivity contribution in [2.75, 3.05) is 18.1 Å². The summed E-state index contributed by atoms with van der Waals surface area (Å²) in [7, 11) is -8.73. The summed E-state index contributed by atoms with van der Waals surface area (Å²) < 4.78 is 68.0. The molecule has 0 bridgehead atoms. The Morgan fingerprint density at radius 3 is 2.25 bits per heavy atom. The van der Waals surface area contributed by atoms with Crippen LogP contribution >= 0.6 is 0 Å². The van der Waals surface area contributed by atoms with E-state index in [9.17, 15) is 21.4 Å². The second kappa shape index (κ2) is 8.65. The minimum Gasteiger partial charge on any atom is -0.494 e. The largest absolute Gasteiger partial charge is 0.494 e. The van der Waals surface area contributed by atoms with E-state index < -0.39 is 30.9 Å². The summed E-state index contributed by atoms with van der Waals surface area (Å²) in [6.45, 7) is 1.67. The van der Waals surface area contributed by atoms with Crippen molar-refractivity contribution in [2.45, 2.75) is 18.2 Å². The van der Waals surface area contributed by atoms with Gasteiger partial charge in [-0.15, -0.1) is 5.11 Å². The molecule has 0 heterocycles. The van der Waals surface area contributed by atoms with Crippen molar-refractivity contribution in [3.05, 3.63) is 42.0 Å². The average molecular weight is 429 g/mol. The van der Waals surface area contributed by atoms with E-state index in [0.29, 0.717) is 11.4 Å². The van der Waals surface area contributed by atoms with E-state index in [1.165, 1.54) is 12.1 Å². The molecule has 0 amide bonds. The zero-order valence-electron chi connectivity index (χ0n) is 14.8. The molecule has 0 fully saturated rings. The molecule has 0 atom stereocenters. The number of aryl methyl sites for hydroxylation is 1. The molecule has 2 aromatic carbocycles. The highest BCUT2D eigenvalue weighted by molar-refractivity contribution is 7.86. The third kappa shape index (κ3) is 6.56. The number of ether oxygens (including phenoxy) is 1. The zero-order chi connectivity index (χ0) is 20.9. The van der Waals surface area contributed by atoms with Crippen LogP contribution in [-0.4, -0.2) is 38.3 Å². The molecule has 0 aliphatic rings. The third-order valence-corrected chi connectivity index (χ3v) is 5.20. The molecule has 2 rings (SSSR count). The highest BCUT2D eigenvalue weighted by Crippen LogP contribution is 2.31. The Hall–Kier alpha value is -2.54. The molecule has 0 unspecified atom stereocenters. The molecule has 0 aromatic heterocycles. The summed E-state index contributed by atoms with van der Waals surface area (Å²) in [4.78, 5) is -0.517. The SMILES string of the molecule is Cc1cc(N)ccc1N=Nc1ccc(OCCCS(=O)(=O)O)cc1S(=O)(=O)O. The Labute approximate surface area is 162 Å². The van der Waals surface area contributed by atoms with Gasteiger partial charge in [0.2, 0.25) is 0 Å². The minimum atomic E-state index is -4.62. The second-order valence-corrected chi connectivity index (χ2v) is 8.80. The van der Waals surface area contributed by atoms with Crippen molar-refractivity contribution in [3.8, 4) is 5.75 Å². The van der Waals surface area contributed by atoms with Crippen molar-refractivity contribution >= 4 is 37.3 Å². The van der Waals surface area contributed by atoms with Crippen molar-refractivity contribution in [1.82, 2.24) is 0 Å². The van der Waals surface area contributed by atoms with Crippen LogP contribution in [0.4, 0.5) is 17.1 Å². The van der Waals surface area contributed by atoms with Crippen LogP contribution in [0.2, 0.25) is 0 Å². The molecule has 0 saturated heterocycles. The van der Waals surface area contributed by atoms with Gasteiger partial charge in [0.15, 0.2) is 0 Å². The molecule has 0 spiro atoms. The van der Waals surface area contributed by atoms with Gasteiger partial charge in [-0.3, -0.25) is 9.11 Å². The van der Waals surface area contributed by atoms with E-state index in [0.717, 1.165) is 11.6 Å². The van der Waals surface area contributed by atoms with Crippen LogP contribution in [0, 0.1) is 6.92 Å². The van der Waals surface area contributed by atoms with Crippen LogP contribution in [0.3, 0.4) is 0 Å². The maximum atomic E-state index is 11.7. The fourth-order valence-electron chi connectivity index (χ4n) is 2.20. The lowest BCUT2D eigenvalue weighted by molar-refractivity contribution is 0.315. The minimum absolute atomic E-state index is 0.00207. The Bertz CT molecular complexity index is 1100. The fraction of sp³-hybridized carbons (Fsp3) is 0.250. The highest BCUT2D eigenvalue weighted by atomic mass is 32.2. The summed E-state index contributed by atoms with van der Waals surface area (Å²) in [5.74, 6) is -0.420. The zero-order valence-corrected chi connectivity index (χ0v) is 16.4. The lowest BCUT2D eigenvalue weighted by Crippen LogP contribution is -2.08. The first-order valence-electron chi connectivity index (χ1n) is 7.93. The summed E-state index contributed by atoms with van der Waals surface area (Å²) in [6.07, 6.45) is -0.00207. The maximum absolute atomic E-state index is 11.7. The van der Waals surface area contributed by atoms with Gasteiger partial charge in [-0.2, -0.15) is 21.9 Å². The molecule has 4 N–H and O–H groups in total. The molecule has 0 aliphatic heterocycles. The van der Waals surface area contributed by atoms with Crippen LogP contribution in [-0.2, 0) is 20.2 Å². The molecule has 28 heavy (non-hydrogen) atoms. The summed E-state index contributed by atoms with van der Waals surface area (Å²) >= 11 is 0. The van der Waals surface area contributed by atoms with Gasteiger partial charge in [0.05, 0.1) is 18.0 Å².